The maximum atomic E-state index is 5.74. The number of nitrogens with two attached hydrogens (primary N) is 1. The van der Waals surface area contributed by atoms with Gasteiger partial charge in [-0.2, -0.15) is 0 Å². The van der Waals surface area contributed by atoms with Gasteiger partial charge < -0.3 is 15.6 Å². The lowest BCUT2D eigenvalue weighted by atomic mass is 10.2. The van der Waals surface area contributed by atoms with Crippen molar-refractivity contribution in [1.29, 1.82) is 0 Å². The fourth-order valence-electron chi connectivity index (χ4n) is 1.43. The topological polar surface area (TPSA) is 81.1 Å². The molecule has 0 spiro atoms. The maximum Gasteiger partial charge on any atom is 0.189 e. The number of aromatic nitrogens is 3. The van der Waals surface area contributed by atoms with Crippen LogP contribution < -0.4 is 11.1 Å². The van der Waals surface area contributed by atoms with E-state index in [9.17, 15) is 0 Å². The van der Waals surface area contributed by atoms with Crippen molar-refractivity contribution in [1.82, 2.24) is 20.1 Å². The molecule has 0 bridgehead atoms. The van der Waals surface area contributed by atoms with E-state index in [0.717, 1.165) is 18.8 Å². The summed E-state index contributed by atoms with van der Waals surface area (Å²) in [6.45, 7) is 3.54. The first kappa shape index (κ1) is 17.1. The number of rotatable bonds is 7. The number of nitrogens with zero attached hydrogens (tertiary/aromatic N) is 4. The summed E-state index contributed by atoms with van der Waals surface area (Å²) in [5.41, 5.74) is 5.74. The highest BCUT2D eigenvalue weighted by Gasteiger charge is 1.98. The Hall–Kier alpha value is -0.860. The van der Waals surface area contributed by atoms with Crippen molar-refractivity contribution < 1.29 is 0 Å². The number of hydrogen-bond donors (Lipinski definition) is 2. The minimum absolute atomic E-state index is 0. The Kier molecular flexibility index (Phi) is 9.62. The van der Waals surface area contributed by atoms with Crippen LogP contribution in [0.15, 0.2) is 11.3 Å². The molecule has 7 heteroatoms. The van der Waals surface area contributed by atoms with E-state index in [1.165, 1.54) is 19.3 Å². The van der Waals surface area contributed by atoms with Crippen LogP contribution in [-0.2, 0) is 13.6 Å². The van der Waals surface area contributed by atoms with Crippen molar-refractivity contribution in [3.05, 3.63) is 12.2 Å². The van der Waals surface area contributed by atoms with E-state index in [-0.39, 0.29) is 24.0 Å². The molecular weight excluding hydrogens is 343 g/mol. The molecule has 0 aromatic carbocycles. The molecular formula is C11H23IN6. The van der Waals surface area contributed by atoms with Gasteiger partial charge in [-0.25, -0.2) is 4.99 Å². The van der Waals surface area contributed by atoms with Crippen LogP contribution in [-0.4, -0.2) is 27.3 Å². The van der Waals surface area contributed by atoms with Crippen LogP contribution in [0.3, 0.4) is 0 Å². The van der Waals surface area contributed by atoms with E-state index in [2.05, 4.69) is 27.4 Å². The molecule has 1 aromatic heterocycles. The first-order valence-corrected chi connectivity index (χ1v) is 6.10. The van der Waals surface area contributed by atoms with Gasteiger partial charge >= 0.3 is 0 Å². The zero-order chi connectivity index (χ0) is 12.5. The van der Waals surface area contributed by atoms with E-state index < -0.39 is 0 Å². The average Bonchev–Trinajstić information content (AvgIpc) is 2.72. The Morgan fingerprint density at radius 1 is 1.44 bits per heavy atom. The molecule has 1 heterocycles. The van der Waals surface area contributed by atoms with Crippen LogP contribution in [0.2, 0.25) is 0 Å². The zero-order valence-corrected chi connectivity index (χ0v) is 13.4. The SMILES string of the molecule is CCCCCCNC(N)=NCc1nncn1C.I. The fraction of sp³-hybridized carbons (Fsp3) is 0.727. The Labute approximate surface area is 125 Å². The number of aryl methyl sites for hydroxylation is 1. The molecule has 0 aliphatic carbocycles. The van der Waals surface area contributed by atoms with E-state index in [1.54, 1.807) is 6.33 Å². The minimum atomic E-state index is 0. The van der Waals surface area contributed by atoms with E-state index in [0.29, 0.717) is 12.5 Å². The molecule has 0 radical (unpaired) electrons. The predicted octanol–water partition coefficient (Wildman–Crippen LogP) is 1.42. The van der Waals surface area contributed by atoms with Gasteiger partial charge in [0.2, 0.25) is 0 Å². The molecule has 0 saturated carbocycles. The third-order valence-corrected chi connectivity index (χ3v) is 2.53. The molecule has 0 aliphatic rings. The van der Waals surface area contributed by atoms with Gasteiger partial charge in [0.25, 0.3) is 0 Å². The number of unbranched alkanes of at least 4 members (excludes halogenated alkanes) is 3. The summed E-state index contributed by atoms with van der Waals surface area (Å²) in [5, 5.41) is 10.8. The molecule has 0 aliphatic heterocycles. The first-order valence-electron chi connectivity index (χ1n) is 6.10. The molecule has 104 valence electrons. The van der Waals surface area contributed by atoms with Gasteiger partial charge in [0, 0.05) is 13.6 Å². The molecule has 0 saturated heterocycles. The number of halogens is 1. The van der Waals surface area contributed by atoms with Gasteiger partial charge in [-0.3, -0.25) is 0 Å². The molecule has 0 unspecified atom stereocenters. The first-order chi connectivity index (χ1) is 8.24. The van der Waals surface area contributed by atoms with Gasteiger partial charge in [0.1, 0.15) is 12.9 Å². The lowest BCUT2D eigenvalue weighted by Gasteiger charge is -2.04. The third-order valence-electron chi connectivity index (χ3n) is 2.53. The highest BCUT2D eigenvalue weighted by Crippen LogP contribution is 1.97. The van der Waals surface area contributed by atoms with Gasteiger partial charge in [-0.15, -0.1) is 34.2 Å². The van der Waals surface area contributed by atoms with Crippen LogP contribution in [0.5, 0.6) is 0 Å². The second-order valence-corrected chi connectivity index (χ2v) is 4.05. The van der Waals surface area contributed by atoms with Crippen LogP contribution in [0.25, 0.3) is 0 Å². The van der Waals surface area contributed by atoms with Crippen molar-refractivity contribution in [2.45, 2.75) is 39.2 Å². The molecule has 6 nitrogen and oxygen atoms in total. The van der Waals surface area contributed by atoms with Crippen LogP contribution in [0.1, 0.15) is 38.4 Å². The van der Waals surface area contributed by atoms with Crippen molar-refractivity contribution >= 4 is 29.9 Å². The van der Waals surface area contributed by atoms with E-state index in [1.807, 2.05) is 11.6 Å². The summed E-state index contributed by atoms with van der Waals surface area (Å²) in [6.07, 6.45) is 6.54. The number of guanidine groups is 1. The van der Waals surface area contributed by atoms with Crippen LogP contribution in [0, 0.1) is 0 Å². The van der Waals surface area contributed by atoms with Crippen molar-refractivity contribution in [2.24, 2.45) is 17.8 Å². The van der Waals surface area contributed by atoms with Gasteiger partial charge in [0.15, 0.2) is 11.8 Å². The van der Waals surface area contributed by atoms with Crippen LogP contribution in [0.4, 0.5) is 0 Å². The molecule has 1 rings (SSSR count). The standard InChI is InChI=1S/C11H22N6.HI/c1-3-4-5-6-7-13-11(12)14-8-10-16-15-9-17(10)2;/h9H,3-8H2,1-2H3,(H3,12,13,14);1H. The van der Waals surface area contributed by atoms with E-state index >= 15 is 0 Å². The second kappa shape index (κ2) is 10.1. The summed E-state index contributed by atoms with van der Waals surface area (Å²) in [5.74, 6) is 1.28. The highest BCUT2D eigenvalue weighted by molar-refractivity contribution is 14.0. The lowest BCUT2D eigenvalue weighted by Crippen LogP contribution is -2.32. The van der Waals surface area contributed by atoms with Gasteiger partial charge in [0.05, 0.1) is 0 Å². The number of hydrogen-bond acceptors (Lipinski definition) is 3. The lowest BCUT2D eigenvalue weighted by molar-refractivity contribution is 0.651. The van der Waals surface area contributed by atoms with Crippen molar-refractivity contribution in [3.63, 3.8) is 0 Å². The quantitative estimate of drug-likeness (QED) is 0.331. The second-order valence-electron chi connectivity index (χ2n) is 4.05. The molecule has 0 fully saturated rings. The number of aliphatic imine (C=N–C) groups is 1. The summed E-state index contributed by atoms with van der Waals surface area (Å²) >= 11 is 0. The Morgan fingerprint density at radius 2 is 2.22 bits per heavy atom. The molecule has 18 heavy (non-hydrogen) atoms. The molecule has 0 atom stereocenters. The van der Waals surface area contributed by atoms with Crippen molar-refractivity contribution in [2.75, 3.05) is 6.54 Å². The van der Waals surface area contributed by atoms with Crippen LogP contribution >= 0.6 is 24.0 Å². The fourth-order valence-corrected chi connectivity index (χ4v) is 1.43. The number of nitrogens with one attached hydrogen (secondary N) is 1. The summed E-state index contributed by atoms with van der Waals surface area (Å²) in [4.78, 5) is 4.21. The summed E-state index contributed by atoms with van der Waals surface area (Å²) in [6, 6.07) is 0. The minimum Gasteiger partial charge on any atom is -0.370 e. The maximum absolute atomic E-state index is 5.74. The predicted molar refractivity (Wildman–Crippen MR) is 83.9 cm³/mol. The van der Waals surface area contributed by atoms with Gasteiger partial charge in [-0.1, -0.05) is 26.2 Å². The Balaban J connectivity index is 0.00000289. The average molecular weight is 366 g/mol. The Bertz CT molecular complexity index is 349. The highest BCUT2D eigenvalue weighted by atomic mass is 127. The monoisotopic (exact) mass is 366 g/mol. The zero-order valence-electron chi connectivity index (χ0n) is 11.1. The smallest absolute Gasteiger partial charge is 0.189 e. The molecule has 0 amide bonds. The van der Waals surface area contributed by atoms with Crippen molar-refractivity contribution in [3.8, 4) is 0 Å². The summed E-state index contributed by atoms with van der Waals surface area (Å²) < 4.78 is 1.83. The summed E-state index contributed by atoms with van der Waals surface area (Å²) in [7, 11) is 1.89. The largest absolute Gasteiger partial charge is 0.370 e. The normalized spacial score (nSPS) is 11.1. The van der Waals surface area contributed by atoms with E-state index in [4.69, 9.17) is 5.73 Å². The Morgan fingerprint density at radius 3 is 2.83 bits per heavy atom. The molecule has 1 aromatic rings. The molecule has 3 N–H and O–H groups in total. The van der Waals surface area contributed by atoms with Gasteiger partial charge in [-0.05, 0) is 6.42 Å². The third kappa shape index (κ3) is 6.77.